The fraction of sp³-hybridized carbons (Fsp3) is 0.600. The van der Waals surface area contributed by atoms with Crippen molar-refractivity contribution < 1.29 is 5.21 Å². The van der Waals surface area contributed by atoms with Crippen LogP contribution in [0.3, 0.4) is 0 Å². The number of amidine groups is 1. The molecule has 0 aromatic carbocycles. The molecule has 5 heteroatoms. The lowest BCUT2D eigenvalue weighted by Gasteiger charge is -2.22. The minimum atomic E-state index is 0.0755. The van der Waals surface area contributed by atoms with Crippen LogP contribution in [0.25, 0.3) is 0 Å². The van der Waals surface area contributed by atoms with E-state index < -0.39 is 0 Å². The van der Waals surface area contributed by atoms with Gasteiger partial charge in [0.25, 0.3) is 0 Å². The van der Waals surface area contributed by atoms with E-state index in [1.165, 1.54) is 25.7 Å². The van der Waals surface area contributed by atoms with Gasteiger partial charge in [0, 0.05) is 12.7 Å². The third kappa shape index (κ3) is 5.17. The summed E-state index contributed by atoms with van der Waals surface area (Å²) in [6.45, 7) is 7.33. The average Bonchev–Trinajstić information content (AvgIpc) is 2.49. The molecule has 0 atom stereocenters. The van der Waals surface area contributed by atoms with Crippen LogP contribution in [0, 0.1) is 0 Å². The van der Waals surface area contributed by atoms with Crippen LogP contribution in [-0.4, -0.2) is 34.0 Å². The highest BCUT2D eigenvalue weighted by atomic mass is 16.4. The molecule has 0 aliphatic rings. The monoisotopic (exact) mass is 278 g/mol. The molecule has 0 aliphatic heterocycles. The van der Waals surface area contributed by atoms with E-state index in [2.05, 4.69) is 28.9 Å². The van der Waals surface area contributed by atoms with Gasteiger partial charge in [0.1, 0.15) is 5.69 Å². The van der Waals surface area contributed by atoms with Crippen LogP contribution in [0.15, 0.2) is 23.5 Å². The Bertz CT molecular complexity index is 412. The van der Waals surface area contributed by atoms with Gasteiger partial charge in [-0.2, -0.15) is 0 Å². The summed E-state index contributed by atoms with van der Waals surface area (Å²) in [5.74, 6) is 0.0755. The van der Waals surface area contributed by atoms with Crippen LogP contribution in [0.5, 0.6) is 0 Å². The van der Waals surface area contributed by atoms with Crippen molar-refractivity contribution in [2.75, 3.05) is 13.1 Å². The zero-order valence-corrected chi connectivity index (χ0v) is 12.5. The van der Waals surface area contributed by atoms with Crippen molar-refractivity contribution in [3.63, 3.8) is 0 Å². The number of nitrogens with two attached hydrogens (primary N) is 1. The van der Waals surface area contributed by atoms with Gasteiger partial charge in [0.2, 0.25) is 0 Å². The highest BCUT2D eigenvalue weighted by Crippen LogP contribution is 2.11. The zero-order chi connectivity index (χ0) is 14.8. The third-order valence-electron chi connectivity index (χ3n) is 3.29. The summed E-state index contributed by atoms with van der Waals surface area (Å²) < 4.78 is 0. The van der Waals surface area contributed by atoms with Crippen molar-refractivity contribution in [3.8, 4) is 0 Å². The molecule has 3 N–H and O–H groups in total. The summed E-state index contributed by atoms with van der Waals surface area (Å²) in [4.78, 5) is 6.64. The lowest BCUT2D eigenvalue weighted by molar-refractivity contribution is 0.256. The summed E-state index contributed by atoms with van der Waals surface area (Å²) in [6.07, 6.45) is 6.40. The smallest absolute Gasteiger partial charge is 0.189 e. The van der Waals surface area contributed by atoms with Crippen LogP contribution in [-0.2, 0) is 6.54 Å². The van der Waals surface area contributed by atoms with Crippen LogP contribution in [0.2, 0.25) is 0 Å². The summed E-state index contributed by atoms with van der Waals surface area (Å²) >= 11 is 0. The molecule has 1 aromatic rings. The molecule has 0 unspecified atom stereocenters. The standard InChI is InChI=1S/C15H26N4O/c1-3-5-10-19(11-6-4-2)12-13-8-7-9-17-14(13)15(16)18-20/h7-9,20H,3-6,10-12H2,1-2H3,(H2,16,18). The molecule has 1 rings (SSSR count). The van der Waals surface area contributed by atoms with Crippen LogP contribution >= 0.6 is 0 Å². The van der Waals surface area contributed by atoms with E-state index in [1.54, 1.807) is 6.20 Å². The predicted octanol–water partition coefficient (Wildman–Crippen LogP) is 2.58. The Labute approximate surface area is 121 Å². The van der Waals surface area contributed by atoms with Crippen molar-refractivity contribution in [3.05, 3.63) is 29.6 Å². The summed E-state index contributed by atoms with van der Waals surface area (Å²) in [7, 11) is 0. The molecule has 20 heavy (non-hydrogen) atoms. The van der Waals surface area contributed by atoms with E-state index in [4.69, 9.17) is 10.9 Å². The van der Waals surface area contributed by atoms with Crippen LogP contribution < -0.4 is 5.73 Å². The maximum Gasteiger partial charge on any atom is 0.189 e. The molecule has 5 nitrogen and oxygen atoms in total. The van der Waals surface area contributed by atoms with E-state index in [0.717, 1.165) is 25.2 Å². The normalized spacial score (nSPS) is 12.1. The van der Waals surface area contributed by atoms with Gasteiger partial charge in [0.05, 0.1) is 0 Å². The first-order chi connectivity index (χ1) is 9.72. The Kier molecular flexibility index (Phi) is 7.65. The predicted molar refractivity (Wildman–Crippen MR) is 81.8 cm³/mol. The topological polar surface area (TPSA) is 74.7 Å². The number of pyridine rings is 1. The van der Waals surface area contributed by atoms with Gasteiger partial charge in [0.15, 0.2) is 5.84 Å². The van der Waals surface area contributed by atoms with Crippen LogP contribution in [0.4, 0.5) is 0 Å². The highest BCUT2D eigenvalue weighted by Gasteiger charge is 2.12. The lowest BCUT2D eigenvalue weighted by atomic mass is 10.1. The molecule has 0 saturated heterocycles. The highest BCUT2D eigenvalue weighted by molar-refractivity contribution is 5.96. The second-order valence-electron chi connectivity index (χ2n) is 4.98. The van der Waals surface area contributed by atoms with Crippen molar-refractivity contribution in [2.24, 2.45) is 10.9 Å². The molecule has 1 aromatic heterocycles. The molecular formula is C15H26N4O. The van der Waals surface area contributed by atoms with E-state index in [1.807, 2.05) is 12.1 Å². The zero-order valence-electron chi connectivity index (χ0n) is 12.5. The van der Waals surface area contributed by atoms with Crippen molar-refractivity contribution in [1.82, 2.24) is 9.88 Å². The minimum Gasteiger partial charge on any atom is -0.409 e. The third-order valence-corrected chi connectivity index (χ3v) is 3.29. The summed E-state index contributed by atoms with van der Waals surface area (Å²) in [5.41, 5.74) is 7.28. The molecule has 0 aliphatic carbocycles. The molecule has 0 radical (unpaired) electrons. The Hall–Kier alpha value is -1.62. The number of unbranched alkanes of at least 4 members (excludes halogenated alkanes) is 2. The fourth-order valence-electron chi connectivity index (χ4n) is 2.12. The first-order valence-corrected chi connectivity index (χ1v) is 7.37. The Balaban J connectivity index is 2.81. The molecule has 1 heterocycles. The summed E-state index contributed by atoms with van der Waals surface area (Å²) in [6, 6.07) is 3.88. The Morgan fingerprint density at radius 2 is 1.95 bits per heavy atom. The maximum atomic E-state index is 8.84. The van der Waals surface area contributed by atoms with E-state index in [0.29, 0.717) is 5.69 Å². The van der Waals surface area contributed by atoms with Gasteiger partial charge in [-0.05, 0) is 37.6 Å². The number of oxime groups is 1. The minimum absolute atomic E-state index is 0.0755. The first-order valence-electron chi connectivity index (χ1n) is 7.37. The number of nitrogens with zero attached hydrogens (tertiary/aromatic N) is 3. The van der Waals surface area contributed by atoms with Gasteiger partial charge in [-0.1, -0.05) is 37.9 Å². The van der Waals surface area contributed by atoms with Gasteiger partial charge in [-0.25, -0.2) is 0 Å². The average molecular weight is 278 g/mol. The fourth-order valence-corrected chi connectivity index (χ4v) is 2.12. The van der Waals surface area contributed by atoms with Crippen molar-refractivity contribution in [1.29, 1.82) is 0 Å². The van der Waals surface area contributed by atoms with Gasteiger partial charge < -0.3 is 10.9 Å². The number of hydrogen-bond donors (Lipinski definition) is 2. The van der Waals surface area contributed by atoms with Gasteiger partial charge >= 0.3 is 0 Å². The Morgan fingerprint density at radius 1 is 1.30 bits per heavy atom. The molecule has 112 valence electrons. The van der Waals surface area contributed by atoms with Gasteiger partial charge in [-0.3, -0.25) is 9.88 Å². The van der Waals surface area contributed by atoms with Crippen LogP contribution in [0.1, 0.15) is 50.8 Å². The maximum absolute atomic E-state index is 8.84. The van der Waals surface area contributed by atoms with E-state index in [9.17, 15) is 0 Å². The molecule has 0 saturated carbocycles. The van der Waals surface area contributed by atoms with E-state index >= 15 is 0 Å². The van der Waals surface area contributed by atoms with Crippen molar-refractivity contribution >= 4 is 5.84 Å². The quantitative estimate of drug-likeness (QED) is 0.315. The SMILES string of the molecule is CCCCN(CCCC)Cc1cccnc1C(N)=NO. The second kappa shape index (κ2) is 9.31. The van der Waals surface area contributed by atoms with Crippen molar-refractivity contribution in [2.45, 2.75) is 46.1 Å². The van der Waals surface area contributed by atoms with Gasteiger partial charge in [-0.15, -0.1) is 0 Å². The second-order valence-corrected chi connectivity index (χ2v) is 4.98. The molecule has 0 spiro atoms. The lowest BCUT2D eigenvalue weighted by Crippen LogP contribution is -2.28. The molecule has 0 bridgehead atoms. The number of rotatable bonds is 9. The summed E-state index contributed by atoms with van der Waals surface area (Å²) in [5, 5.41) is 11.9. The molecule has 0 amide bonds. The largest absolute Gasteiger partial charge is 0.409 e. The number of hydrogen-bond acceptors (Lipinski definition) is 4. The molecule has 0 fully saturated rings. The first kappa shape index (κ1) is 16.4. The number of aromatic nitrogens is 1. The molecular weight excluding hydrogens is 252 g/mol. The Morgan fingerprint density at radius 3 is 2.50 bits per heavy atom. The van der Waals surface area contributed by atoms with E-state index in [-0.39, 0.29) is 5.84 Å².